The molecular formula is C14H11N3O4. The van der Waals surface area contributed by atoms with Gasteiger partial charge in [-0.05, 0) is 26.0 Å². The van der Waals surface area contributed by atoms with E-state index in [4.69, 9.17) is 4.84 Å². The smallest absolute Gasteiger partial charge is 0.336 e. The molecule has 0 aliphatic carbocycles. The minimum absolute atomic E-state index is 0.0541. The van der Waals surface area contributed by atoms with E-state index >= 15 is 0 Å². The first-order chi connectivity index (χ1) is 9.99. The Morgan fingerprint density at radius 1 is 1.14 bits per heavy atom. The summed E-state index contributed by atoms with van der Waals surface area (Å²) in [6.45, 7) is 3.48. The minimum atomic E-state index is -0.888. The van der Waals surface area contributed by atoms with Crippen molar-refractivity contribution in [3.63, 3.8) is 0 Å². The number of H-pyrrole nitrogens is 1. The molecule has 106 valence electrons. The second-order valence-corrected chi connectivity index (χ2v) is 4.62. The lowest BCUT2D eigenvalue weighted by Crippen LogP contribution is -2.33. The van der Waals surface area contributed by atoms with Crippen LogP contribution in [0.2, 0.25) is 0 Å². The Morgan fingerprint density at radius 2 is 1.71 bits per heavy atom. The van der Waals surface area contributed by atoms with Crippen molar-refractivity contribution in [2.45, 2.75) is 13.8 Å². The van der Waals surface area contributed by atoms with Crippen LogP contribution in [0.25, 0.3) is 0 Å². The molecule has 2 aromatic rings. The van der Waals surface area contributed by atoms with Gasteiger partial charge in [0.2, 0.25) is 5.82 Å². The number of fused-ring (bicyclic) bond motifs is 1. The molecule has 7 nitrogen and oxygen atoms in total. The standard InChI is InChI=1S/C14H11N3O4/c1-7-8(2)16-11(15-7)14(20)21-17-12(18)9-5-3-4-6-10(9)13(17)19/h3-6H,1-2H3,(H,15,16). The third kappa shape index (κ3) is 1.99. The second kappa shape index (κ2) is 4.55. The maximum absolute atomic E-state index is 12.0. The maximum Gasteiger partial charge on any atom is 0.399 e. The van der Waals surface area contributed by atoms with Crippen molar-refractivity contribution in [2.75, 3.05) is 0 Å². The van der Waals surface area contributed by atoms with Crippen LogP contribution in [0.3, 0.4) is 0 Å². The lowest BCUT2D eigenvalue weighted by atomic mass is 10.1. The zero-order valence-electron chi connectivity index (χ0n) is 11.3. The molecule has 3 rings (SSSR count). The Bertz CT molecular complexity index is 724. The van der Waals surface area contributed by atoms with Gasteiger partial charge in [-0.3, -0.25) is 9.59 Å². The number of rotatable bonds is 2. The number of nitrogens with one attached hydrogen (secondary N) is 1. The Hall–Kier alpha value is -2.96. The third-order valence-corrected chi connectivity index (χ3v) is 3.25. The molecule has 1 N–H and O–H groups in total. The van der Waals surface area contributed by atoms with Gasteiger partial charge < -0.3 is 9.82 Å². The molecule has 0 saturated carbocycles. The summed E-state index contributed by atoms with van der Waals surface area (Å²) in [6.07, 6.45) is 0. The van der Waals surface area contributed by atoms with Crippen molar-refractivity contribution in [1.29, 1.82) is 0 Å². The van der Waals surface area contributed by atoms with E-state index in [9.17, 15) is 14.4 Å². The van der Waals surface area contributed by atoms with E-state index in [-0.39, 0.29) is 17.0 Å². The highest BCUT2D eigenvalue weighted by atomic mass is 16.7. The number of aromatic amines is 1. The van der Waals surface area contributed by atoms with Crippen LogP contribution < -0.4 is 0 Å². The Balaban J connectivity index is 1.85. The summed E-state index contributed by atoms with van der Waals surface area (Å²) in [6, 6.07) is 6.28. The normalized spacial score (nSPS) is 13.5. The first kappa shape index (κ1) is 13.0. The summed E-state index contributed by atoms with van der Waals surface area (Å²) in [4.78, 5) is 47.6. The fraction of sp³-hybridized carbons (Fsp3) is 0.143. The molecule has 7 heteroatoms. The predicted molar refractivity (Wildman–Crippen MR) is 70.4 cm³/mol. The lowest BCUT2D eigenvalue weighted by molar-refractivity contribution is -0.0592. The van der Waals surface area contributed by atoms with Crippen LogP contribution in [-0.2, 0) is 4.84 Å². The van der Waals surface area contributed by atoms with Gasteiger partial charge in [-0.15, -0.1) is 0 Å². The fourth-order valence-electron chi connectivity index (χ4n) is 2.02. The number of imidazole rings is 1. The average molecular weight is 285 g/mol. The van der Waals surface area contributed by atoms with Crippen LogP contribution in [0.15, 0.2) is 24.3 Å². The molecule has 0 unspecified atom stereocenters. The van der Waals surface area contributed by atoms with Gasteiger partial charge in [-0.1, -0.05) is 17.2 Å². The zero-order valence-corrected chi connectivity index (χ0v) is 11.3. The van der Waals surface area contributed by atoms with E-state index in [1.165, 1.54) is 12.1 Å². The molecule has 0 atom stereocenters. The number of imide groups is 1. The van der Waals surface area contributed by atoms with Crippen molar-refractivity contribution in [3.8, 4) is 0 Å². The maximum atomic E-state index is 12.0. The quantitative estimate of drug-likeness (QED) is 0.842. The predicted octanol–water partition coefficient (Wildman–Crippen LogP) is 1.39. The Labute approximate surface area is 119 Å². The van der Waals surface area contributed by atoms with Crippen molar-refractivity contribution < 1.29 is 19.2 Å². The number of benzene rings is 1. The fourth-order valence-corrected chi connectivity index (χ4v) is 2.02. The van der Waals surface area contributed by atoms with Gasteiger partial charge in [-0.25, -0.2) is 9.78 Å². The molecule has 0 spiro atoms. The van der Waals surface area contributed by atoms with Gasteiger partial charge in [-0.2, -0.15) is 0 Å². The molecule has 0 fully saturated rings. The van der Waals surface area contributed by atoms with Gasteiger partial charge in [0.1, 0.15) is 0 Å². The molecule has 1 aliphatic rings. The van der Waals surface area contributed by atoms with Gasteiger partial charge in [0.25, 0.3) is 11.8 Å². The van der Waals surface area contributed by atoms with Crippen LogP contribution in [0.4, 0.5) is 0 Å². The third-order valence-electron chi connectivity index (χ3n) is 3.25. The summed E-state index contributed by atoms with van der Waals surface area (Å²) < 4.78 is 0. The van der Waals surface area contributed by atoms with Gasteiger partial charge >= 0.3 is 5.97 Å². The molecule has 1 aromatic heterocycles. The number of hydrogen-bond acceptors (Lipinski definition) is 5. The van der Waals surface area contributed by atoms with E-state index in [1.807, 2.05) is 0 Å². The topological polar surface area (TPSA) is 92.4 Å². The zero-order chi connectivity index (χ0) is 15.1. The molecule has 0 radical (unpaired) electrons. The monoisotopic (exact) mass is 285 g/mol. The number of aryl methyl sites for hydroxylation is 2. The van der Waals surface area contributed by atoms with Crippen LogP contribution in [-0.4, -0.2) is 32.8 Å². The largest absolute Gasteiger partial charge is 0.399 e. The number of aromatic nitrogens is 2. The number of nitrogens with zero attached hydrogens (tertiary/aromatic N) is 2. The highest BCUT2D eigenvalue weighted by molar-refractivity contribution is 6.21. The molecule has 2 amide bonds. The van der Waals surface area contributed by atoms with Crippen LogP contribution in [0.1, 0.15) is 42.7 Å². The Morgan fingerprint density at radius 3 is 2.19 bits per heavy atom. The molecule has 0 bridgehead atoms. The molecule has 2 heterocycles. The van der Waals surface area contributed by atoms with Crippen molar-refractivity contribution in [1.82, 2.24) is 15.0 Å². The van der Waals surface area contributed by atoms with Gasteiger partial charge in [0.05, 0.1) is 16.8 Å². The van der Waals surface area contributed by atoms with E-state index in [0.717, 1.165) is 0 Å². The highest BCUT2D eigenvalue weighted by Gasteiger charge is 2.39. The second-order valence-electron chi connectivity index (χ2n) is 4.62. The summed E-state index contributed by atoms with van der Waals surface area (Å²) in [5.74, 6) is -2.27. The molecule has 0 saturated heterocycles. The van der Waals surface area contributed by atoms with E-state index in [0.29, 0.717) is 16.5 Å². The van der Waals surface area contributed by atoms with Crippen molar-refractivity contribution in [3.05, 3.63) is 52.6 Å². The number of hydroxylamine groups is 2. The summed E-state index contributed by atoms with van der Waals surface area (Å²) in [5, 5.41) is 0.459. The van der Waals surface area contributed by atoms with E-state index in [2.05, 4.69) is 9.97 Å². The first-order valence-corrected chi connectivity index (χ1v) is 6.22. The summed E-state index contributed by atoms with van der Waals surface area (Å²) >= 11 is 0. The average Bonchev–Trinajstić information content (AvgIpc) is 2.93. The SMILES string of the molecule is Cc1nc(C(=O)ON2C(=O)c3ccccc3C2=O)[nH]c1C. The summed E-state index contributed by atoms with van der Waals surface area (Å²) in [7, 11) is 0. The van der Waals surface area contributed by atoms with E-state index in [1.54, 1.807) is 26.0 Å². The number of hydrogen-bond donors (Lipinski definition) is 1. The van der Waals surface area contributed by atoms with Crippen LogP contribution in [0, 0.1) is 13.8 Å². The Kier molecular flexibility index (Phi) is 2.83. The van der Waals surface area contributed by atoms with Gasteiger partial charge in [0, 0.05) is 5.69 Å². The number of amides is 2. The number of carbonyl (C=O) groups is 3. The van der Waals surface area contributed by atoms with Crippen molar-refractivity contribution >= 4 is 17.8 Å². The van der Waals surface area contributed by atoms with Crippen LogP contribution in [0.5, 0.6) is 0 Å². The van der Waals surface area contributed by atoms with Crippen molar-refractivity contribution in [2.24, 2.45) is 0 Å². The first-order valence-electron chi connectivity index (χ1n) is 6.22. The minimum Gasteiger partial charge on any atom is -0.336 e. The van der Waals surface area contributed by atoms with Gasteiger partial charge in [0.15, 0.2) is 0 Å². The van der Waals surface area contributed by atoms with E-state index < -0.39 is 17.8 Å². The molecule has 1 aliphatic heterocycles. The van der Waals surface area contributed by atoms with Crippen LogP contribution >= 0.6 is 0 Å². The molecule has 21 heavy (non-hydrogen) atoms. The molecular weight excluding hydrogens is 274 g/mol. The molecule has 1 aromatic carbocycles. The number of carbonyl (C=O) groups excluding carboxylic acids is 3. The highest BCUT2D eigenvalue weighted by Crippen LogP contribution is 2.23. The summed E-state index contributed by atoms with van der Waals surface area (Å²) in [5.41, 5.74) is 1.78. The lowest BCUT2D eigenvalue weighted by Gasteiger charge is -2.11.